The number of hydrogen-bond donors (Lipinski definition) is 1. The minimum atomic E-state index is -4.11. The third kappa shape index (κ3) is 5.96. The van der Waals surface area contributed by atoms with Crippen LogP contribution in [0.2, 0.25) is 0 Å². The van der Waals surface area contributed by atoms with E-state index in [0.29, 0.717) is 12.6 Å². The minimum absolute atomic E-state index is 0.0256. The quantitative estimate of drug-likeness (QED) is 0.853. The van der Waals surface area contributed by atoms with Crippen molar-refractivity contribution in [3.8, 4) is 0 Å². The number of rotatable bonds is 6. The molecule has 0 aromatic heterocycles. The van der Waals surface area contributed by atoms with Crippen LogP contribution in [0.25, 0.3) is 0 Å². The second-order valence-electron chi connectivity index (χ2n) is 4.95. The Balaban J connectivity index is 2.70. The summed E-state index contributed by atoms with van der Waals surface area (Å²) in [6.07, 6.45) is -4.91. The summed E-state index contributed by atoms with van der Waals surface area (Å²) in [7, 11) is 1.69. The third-order valence-electron chi connectivity index (χ3n) is 2.83. The molecular weight excluding hydrogens is 253 g/mol. The van der Waals surface area contributed by atoms with Gasteiger partial charge in [0, 0.05) is 31.9 Å². The first-order valence-electron chi connectivity index (χ1n) is 6.39. The molecule has 5 heteroatoms. The first kappa shape index (κ1) is 15.8. The van der Waals surface area contributed by atoms with Crippen LogP contribution in [0.5, 0.6) is 0 Å². The van der Waals surface area contributed by atoms with Crippen molar-refractivity contribution >= 4 is 5.69 Å². The number of hydrogen-bond acceptors (Lipinski definition) is 2. The highest BCUT2D eigenvalue weighted by molar-refractivity contribution is 5.53. The van der Waals surface area contributed by atoms with Gasteiger partial charge in [0.2, 0.25) is 0 Å². The number of alkyl halides is 3. The van der Waals surface area contributed by atoms with Crippen LogP contribution in [0.1, 0.15) is 25.8 Å². The molecule has 0 saturated carbocycles. The topological polar surface area (TPSA) is 15.3 Å². The van der Waals surface area contributed by atoms with E-state index in [4.69, 9.17) is 0 Å². The number of para-hydroxylation sites is 1. The zero-order valence-electron chi connectivity index (χ0n) is 11.6. The fraction of sp³-hybridized carbons (Fsp3) is 0.571. The molecule has 0 bridgehead atoms. The Morgan fingerprint density at radius 2 is 1.84 bits per heavy atom. The average Bonchev–Trinajstić information content (AvgIpc) is 2.33. The summed E-state index contributed by atoms with van der Waals surface area (Å²) in [5, 5.41) is 3.28. The number of anilines is 1. The Morgan fingerprint density at radius 3 is 2.42 bits per heavy atom. The van der Waals surface area contributed by atoms with Gasteiger partial charge in [-0.05, 0) is 11.6 Å². The Bertz CT molecular complexity index is 389. The van der Waals surface area contributed by atoms with Crippen molar-refractivity contribution in [2.75, 3.05) is 18.5 Å². The molecule has 0 saturated heterocycles. The summed E-state index contributed by atoms with van der Waals surface area (Å²) in [5.41, 5.74) is 1.86. The van der Waals surface area contributed by atoms with Gasteiger partial charge in [0.15, 0.2) is 0 Å². The van der Waals surface area contributed by atoms with Crippen LogP contribution in [-0.2, 0) is 6.54 Å². The van der Waals surface area contributed by atoms with Gasteiger partial charge in [-0.15, -0.1) is 0 Å². The predicted octanol–water partition coefficient (Wildman–Crippen LogP) is 3.57. The number of nitrogens with one attached hydrogen (secondary N) is 1. The fourth-order valence-corrected chi connectivity index (χ4v) is 1.76. The molecule has 108 valence electrons. The molecule has 0 spiro atoms. The zero-order chi connectivity index (χ0) is 14.5. The van der Waals surface area contributed by atoms with Crippen molar-refractivity contribution in [2.24, 2.45) is 0 Å². The van der Waals surface area contributed by atoms with Gasteiger partial charge in [0.25, 0.3) is 0 Å². The maximum Gasteiger partial charge on any atom is 0.390 e. The van der Waals surface area contributed by atoms with Crippen molar-refractivity contribution in [3.05, 3.63) is 29.8 Å². The van der Waals surface area contributed by atoms with E-state index in [9.17, 15) is 13.2 Å². The van der Waals surface area contributed by atoms with Crippen LogP contribution < -0.4 is 10.2 Å². The van der Waals surface area contributed by atoms with E-state index in [-0.39, 0.29) is 6.54 Å². The Kier molecular flexibility index (Phi) is 5.66. The van der Waals surface area contributed by atoms with E-state index in [1.807, 2.05) is 38.1 Å². The van der Waals surface area contributed by atoms with Gasteiger partial charge in [-0.2, -0.15) is 13.2 Å². The first-order chi connectivity index (χ1) is 8.79. The molecule has 0 atom stereocenters. The van der Waals surface area contributed by atoms with Crippen LogP contribution in [-0.4, -0.2) is 25.8 Å². The highest BCUT2D eigenvalue weighted by Gasteiger charge is 2.27. The lowest BCUT2D eigenvalue weighted by atomic mass is 10.1. The lowest BCUT2D eigenvalue weighted by Gasteiger charge is -2.23. The largest absolute Gasteiger partial charge is 0.390 e. The maximum absolute atomic E-state index is 12.2. The molecule has 2 nitrogen and oxygen atoms in total. The highest BCUT2D eigenvalue weighted by atomic mass is 19.4. The molecule has 0 heterocycles. The predicted molar refractivity (Wildman–Crippen MR) is 72.4 cm³/mol. The van der Waals surface area contributed by atoms with Crippen molar-refractivity contribution < 1.29 is 13.2 Å². The van der Waals surface area contributed by atoms with Crippen molar-refractivity contribution in [3.63, 3.8) is 0 Å². The molecule has 0 unspecified atom stereocenters. The van der Waals surface area contributed by atoms with Crippen LogP contribution in [0.15, 0.2) is 24.3 Å². The zero-order valence-corrected chi connectivity index (χ0v) is 11.6. The third-order valence-corrected chi connectivity index (χ3v) is 2.83. The lowest BCUT2D eigenvalue weighted by Crippen LogP contribution is -2.27. The van der Waals surface area contributed by atoms with E-state index >= 15 is 0 Å². The second kappa shape index (κ2) is 6.80. The molecule has 1 aromatic rings. The first-order valence-corrected chi connectivity index (χ1v) is 6.39. The standard InChI is InChI=1S/C14H21F3N2/c1-11(2)18-10-12-6-4-5-7-13(12)19(3)9-8-14(15,16)17/h4-7,11,18H,8-10H2,1-3H3. The molecule has 1 rings (SSSR count). The van der Waals surface area contributed by atoms with Crippen LogP contribution in [0.4, 0.5) is 18.9 Å². The number of halogens is 3. The monoisotopic (exact) mass is 274 g/mol. The van der Waals surface area contributed by atoms with E-state index in [1.165, 1.54) is 0 Å². The second-order valence-corrected chi connectivity index (χ2v) is 4.95. The summed E-state index contributed by atoms with van der Waals surface area (Å²) in [4.78, 5) is 1.66. The molecule has 0 aliphatic rings. The average molecular weight is 274 g/mol. The van der Waals surface area contributed by atoms with Gasteiger partial charge in [0.1, 0.15) is 0 Å². The lowest BCUT2D eigenvalue weighted by molar-refractivity contribution is -0.132. The summed E-state index contributed by atoms with van der Waals surface area (Å²) >= 11 is 0. The van der Waals surface area contributed by atoms with E-state index in [0.717, 1.165) is 11.3 Å². The normalized spacial score (nSPS) is 11.9. The number of benzene rings is 1. The van der Waals surface area contributed by atoms with E-state index < -0.39 is 12.6 Å². The summed E-state index contributed by atoms with van der Waals surface area (Å²) in [6.45, 7) is 4.71. The highest BCUT2D eigenvalue weighted by Crippen LogP contribution is 2.23. The van der Waals surface area contributed by atoms with Crippen molar-refractivity contribution in [1.82, 2.24) is 5.32 Å². The van der Waals surface area contributed by atoms with Gasteiger partial charge in [-0.25, -0.2) is 0 Å². The van der Waals surface area contributed by atoms with Crippen molar-refractivity contribution in [1.29, 1.82) is 0 Å². The van der Waals surface area contributed by atoms with Crippen LogP contribution in [0, 0.1) is 0 Å². The molecule has 0 aliphatic carbocycles. The molecule has 0 amide bonds. The van der Waals surface area contributed by atoms with Crippen LogP contribution >= 0.6 is 0 Å². The Labute approximate surface area is 112 Å². The summed E-state index contributed by atoms with van der Waals surface area (Å²) < 4.78 is 36.7. The maximum atomic E-state index is 12.2. The van der Waals surface area contributed by atoms with Crippen LogP contribution in [0.3, 0.4) is 0 Å². The van der Waals surface area contributed by atoms with Gasteiger partial charge in [-0.3, -0.25) is 0 Å². The molecule has 0 fully saturated rings. The van der Waals surface area contributed by atoms with Crippen molar-refractivity contribution in [2.45, 2.75) is 39.0 Å². The Hall–Kier alpha value is -1.23. The smallest absolute Gasteiger partial charge is 0.374 e. The molecule has 1 aromatic carbocycles. The van der Waals surface area contributed by atoms with E-state index in [1.54, 1.807) is 11.9 Å². The number of nitrogens with zero attached hydrogens (tertiary/aromatic N) is 1. The van der Waals surface area contributed by atoms with Gasteiger partial charge >= 0.3 is 6.18 Å². The Morgan fingerprint density at radius 1 is 1.21 bits per heavy atom. The van der Waals surface area contributed by atoms with Gasteiger partial charge in [-0.1, -0.05) is 32.0 Å². The van der Waals surface area contributed by atoms with E-state index in [2.05, 4.69) is 5.32 Å². The molecule has 1 N–H and O–H groups in total. The summed E-state index contributed by atoms with van der Waals surface area (Å²) in [6, 6.07) is 7.88. The molecule has 0 aliphatic heterocycles. The van der Waals surface area contributed by atoms with Gasteiger partial charge in [0.05, 0.1) is 6.42 Å². The molecular formula is C14H21F3N2. The fourth-order valence-electron chi connectivity index (χ4n) is 1.76. The SMILES string of the molecule is CC(C)NCc1ccccc1N(C)CCC(F)(F)F. The summed E-state index contributed by atoms with van der Waals surface area (Å²) in [5.74, 6) is 0. The molecule has 19 heavy (non-hydrogen) atoms. The minimum Gasteiger partial charge on any atom is -0.374 e. The van der Waals surface area contributed by atoms with Gasteiger partial charge < -0.3 is 10.2 Å². The molecule has 0 radical (unpaired) electrons.